The fourth-order valence-corrected chi connectivity index (χ4v) is 3.44. The van der Waals surface area contributed by atoms with Gasteiger partial charge in [-0.15, -0.1) is 11.8 Å². The first-order chi connectivity index (χ1) is 8.22. The van der Waals surface area contributed by atoms with Gasteiger partial charge >= 0.3 is 5.97 Å². The Morgan fingerprint density at radius 3 is 3.06 bits per heavy atom. The van der Waals surface area contributed by atoms with E-state index in [-0.39, 0.29) is 11.9 Å². The Bertz CT molecular complexity index is 524. The second-order valence-electron chi connectivity index (χ2n) is 3.72. The van der Waals surface area contributed by atoms with E-state index in [1.165, 1.54) is 24.0 Å². The fourth-order valence-electron chi connectivity index (χ4n) is 1.44. The van der Waals surface area contributed by atoms with Gasteiger partial charge in [-0.3, -0.25) is 4.79 Å². The maximum absolute atomic E-state index is 11.3. The molecule has 0 N–H and O–H groups in total. The summed E-state index contributed by atoms with van der Waals surface area (Å²) in [5.74, 6) is 0.468. The van der Waals surface area contributed by atoms with E-state index in [9.17, 15) is 4.79 Å². The third-order valence-electron chi connectivity index (χ3n) is 2.42. The van der Waals surface area contributed by atoms with Crippen LogP contribution in [0.4, 0.5) is 0 Å². The molecule has 0 amide bonds. The van der Waals surface area contributed by atoms with Crippen LogP contribution in [0.3, 0.4) is 0 Å². The zero-order valence-corrected chi connectivity index (χ0v) is 11.3. The molecule has 1 aromatic carbocycles. The number of methoxy groups -OCH3 is 1. The number of hydrogen-bond donors (Lipinski definition) is 0. The second kappa shape index (κ2) is 5.51. The summed E-state index contributed by atoms with van der Waals surface area (Å²) in [6, 6.07) is 8.04. The number of rotatable bonds is 4. The minimum atomic E-state index is -0.161. The molecule has 3 nitrogen and oxygen atoms in total. The maximum atomic E-state index is 11.3. The Balaban J connectivity index is 2.07. The van der Waals surface area contributed by atoms with Crippen LogP contribution in [0.25, 0.3) is 10.9 Å². The van der Waals surface area contributed by atoms with Crippen LogP contribution in [0, 0.1) is 5.92 Å². The Kier molecular flexibility index (Phi) is 4.02. The number of nitrogens with zero attached hydrogens (tertiary/aromatic N) is 1. The van der Waals surface area contributed by atoms with Gasteiger partial charge in [-0.2, -0.15) is 4.37 Å². The average molecular weight is 267 g/mol. The lowest BCUT2D eigenvalue weighted by molar-refractivity contribution is -0.143. The number of aromatic nitrogens is 1. The lowest BCUT2D eigenvalue weighted by Crippen LogP contribution is -2.14. The van der Waals surface area contributed by atoms with Gasteiger partial charge in [0.1, 0.15) is 0 Å². The predicted octanol–water partition coefficient (Wildman–Crippen LogP) is 3.20. The van der Waals surface area contributed by atoms with E-state index in [0.29, 0.717) is 0 Å². The van der Waals surface area contributed by atoms with Crippen LogP contribution in [0.15, 0.2) is 28.5 Å². The molecule has 0 saturated heterocycles. The van der Waals surface area contributed by atoms with Crippen LogP contribution in [0.5, 0.6) is 0 Å². The topological polar surface area (TPSA) is 39.2 Å². The zero-order chi connectivity index (χ0) is 12.3. The summed E-state index contributed by atoms with van der Waals surface area (Å²) in [5.41, 5.74) is 1.02. The summed E-state index contributed by atoms with van der Waals surface area (Å²) in [6.45, 7) is 1.88. The van der Waals surface area contributed by atoms with Crippen molar-refractivity contribution in [3.8, 4) is 0 Å². The van der Waals surface area contributed by atoms with Crippen LogP contribution in [0.1, 0.15) is 6.92 Å². The van der Waals surface area contributed by atoms with E-state index in [4.69, 9.17) is 4.74 Å². The van der Waals surface area contributed by atoms with Crippen LogP contribution in [-0.4, -0.2) is 23.2 Å². The first-order valence-corrected chi connectivity index (χ1v) is 7.03. The smallest absolute Gasteiger partial charge is 0.309 e. The Morgan fingerprint density at radius 1 is 1.53 bits per heavy atom. The van der Waals surface area contributed by atoms with E-state index in [1.54, 1.807) is 11.8 Å². The molecule has 0 bridgehead atoms. The highest BCUT2D eigenvalue weighted by atomic mass is 32.2. The molecule has 1 atom stereocenters. The maximum Gasteiger partial charge on any atom is 0.309 e. The SMILES string of the molecule is COC(=O)C(C)CSc1snc2ccccc12. The number of fused-ring (bicyclic) bond motifs is 1. The normalized spacial score (nSPS) is 12.6. The van der Waals surface area contributed by atoms with Gasteiger partial charge in [-0.25, -0.2) is 0 Å². The number of thioether (sulfide) groups is 1. The lowest BCUT2D eigenvalue weighted by Gasteiger charge is -2.07. The summed E-state index contributed by atoms with van der Waals surface area (Å²) in [4.78, 5) is 11.3. The Morgan fingerprint density at radius 2 is 2.29 bits per heavy atom. The molecule has 0 radical (unpaired) electrons. The van der Waals surface area contributed by atoms with E-state index in [1.807, 2.05) is 25.1 Å². The Labute approximate surface area is 108 Å². The molecule has 17 heavy (non-hydrogen) atoms. The minimum absolute atomic E-state index is 0.0918. The van der Waals surface area contributed by atoms with Gasteiger partial charge in [0.15, 0.2) is 0 Å². The number of esters is 1. The van der Waals surface area contributed by atoms with Gasteiger partial charge in [0.25, 0.3) is 0 Å². The van der Waals surface area contributed by atoms with E-state index in [0.717, 1.165) is 15.5 Å². The average Bonchev–Trinajstić information content (AvgIpc) is 2.78. The number of carbonyl (C=O) groups excluding carboxylic acids is 1. The van der Waals surface area contributed by atoms with Gasteiger partial charge in [-0.1, -0.05) is 25.1 Å². The van der Waals surface area contributed by atoms with Crippen molar-refractivity contribution in [1.29, 1.82) is 0 Å². The molecule has 0 fully saturated rings. The van der Waals surface area contributed by atoms with Crippen molar-refractivity contribution >= 4 is 40.2 Å². The molecule has 1 heterocycles. The monoisotopic (exact) mass is 267 g/mol. The second-order valence-corrected chi connectivity index (χ2v) is 5.78. The summed E-state index contributed by atoms with van der Waals surface area (Å²) >= 11 is 3.15. The summed E-state index contributed by atoms with van der Waals surface area (Å²) in [6.07, 6.45) is 0. The summed E-state index contributed by atoms with van der Waals surface area (Å²) in [5, 5.41) is 1.17. The summed E-state index contributed by atoms with van der Waals surface area (Å²) < 4.78 is 10.2. The summed E-state index contributed by atoms with van der Waals surface area (Å²) in [7, 11) is 1.42. The fraction of sp³-hybridized carbons (Fsp3) is 0.333. The third-order valence-corrected chi connectivity index (χ3v) is 4.82. The van der Waals surface area contributed by atoms with Crippen LogP contribution >= 0.6 is 23.3 Å². The molecule has 0 saturated carbocycles. The molecule has 1 aromatic heterocycles. The lowest BCUT2D eigenvalue weighted by atomic mass is 10.2. The van der Waals surface area contributed by atoms with E-state index in [2.05, 4.69) is 10.4 Å². The van der Waals surface area contributed by atoms with Crippen molar-refractivity contribution in [2.75, 3.05) is 12.9 Å². The van der Waals surface area contributed by atoms with Crippen molar-refractivity contribution in [3.05, 3.63) is 24.3 Å². The first kappa shape index (κ1) is 12.4. The molecule has 0 aliphatic heterocycles. The predicted molar refractivity (Wildman–Crippen MR) is 71.5 cm³/mol. The quantitative estimate of drug-likeness (QED) is 0.630. The molecular formula is C12H13NO2S2. The molecule has 0 aliphatic carbocycles. The first-order valence-electron chi connectivity index (χ1n) is 5.27. The molecule has 1 unspecified atom stereocenters. The highest BCUT2D eigenvalue weighted by Crippen LogP contribution is 2.32. The number of ether oxygens (including phenoxy) is 1. The molecule has 90 valence electrons. The van der Waals surface area contributed by atoms with Crippen LogP contribution < -0.4 is 0 Å². The van der Waals surface area contributed by atoms with Crippen molar-refractivity contribution in [2.24, 2.45) is 5.92 Å². The zero-order valence-electron chi connectivity index (χ0n) is 9.67. The van der Waals surface area contributed by atoms with E-state index < -0.39 is 0 Å². The highest BCUT2D eigenvalue weighted by molar-refractivity contribution is 8.01. The molecular weight excluding hydrogens is 254 g/mol. The molecule has 2 rings (SSSR count). The molecule has 0 spiro atoms. The number of carbonyl (C=O) groups is 1. The van der Waals surface area contributed by atoms with Crippen LogP contribution in [0.2, 0.25) is 0 Å². The molecule has 0 aliphatic rings. The largest absolute Gasteiger partial charge is 0.469 e. The number of hydrogen-bond acceptors (Lipinski definition) is 5. The third kappa shape index (κ3) is 2.79. The van der Waals surface area contributed by atoms with Crippen LogP contribution in [-0.2, 0) is 9.53 Å². The van der Waals surface area contributed by atoms with Crippen molar-refractivity contribution in [2.45, 2.75) is 11.1 Å². The van der Waals surface area contributed by atoms with Gasteiger partial charge < -0.3 is 4.74 Å². The molecule has 5 heteroatoms. The minimum Gasteiger partial charge on any atom is -0.469 e. The van der Waals surface area contributed by atoms with E-state index >= 15 is 0 Å². The highest BCUT2D eigenvalue weighted by Gasteiger charge is 2.15. The Hall–Kier alpha value is -1.07. The van der Waals surface area contributed by atoms with Crippen molar-refractivity contribution in [3.63, 3.8) is 0 Å². The standard InChI is InChI=1S/C12H13NO2S2/c1-8(11(14)15-2)7-16-12-9-5-3-4-6-10(9)13-17-12/h3-6,8H,7H2,1-2H3. The molecule has 2 aromatic rings. The van der Waals surface area contributed by atoms with Crippen molar-refractivity contribution < 1.29 is 9.53 Å². The van der Waals surface area contributed by atoms with Gasteiger partial charge in [-0.05, 0) is 17.6 Å². The number of benzene rings is 1. The van der Waals surface area contributed by atoms with Gasteiger partial charge in [0, 0.05) is 11.1 Å². The van der Waals surface area contributed by atoms with Gasteiger partial charge in [0.2, 0.25) is 0 Å². The van der Waals surface area contributed by atoms with Crippen molar-refractivity contribution in [1.82, 2.24) is 4.37 Å². The van der Waals surface area contributed by atoms with Gasteiger partial charge in [0.05, 0.1) is 22.8 Å².